The van der Waals surface area contributed by atoms with Crippen molar-refractivity contribution in [3.63, 3.8) is 0 Å². The number of nitrogens with one attached hydrogen (secondary N) is 1. The molecule has 0 heterocycles. The number of nitrogens with two attached hydrogens (primary N) is 1. The Kier molecular flexibility index (Phi) is 6.22. The standard InChI is InChI=1S/C14H23N3O/c1-12-7-6-8-13(11-12)17(2)10-5-3-4-9-14(18)16-15/h6-8,11H,3-5,9-10,15H2,1-2H3,(H,16,18). The van der Waals surface area contributed by atoms with Gasteiger partial charge in [-0.1, -0.05) is 18.6 Å². The van der Waals surface area contributed by atoms with E-state index in [0.29, 0.717) is 6.42 Å². The molecule has 0 aliphatic rings. The second-order valence-electron chi connectivity index (χ2n) is 4.64. The van der Waals surface area contributed by atoms with Gasteiger partial charge in [-0.15, -0.1) is 0 Å². The average Bonchev–Trinajstić information content (AvgIpc) is 2.37. The van der Waals surface area contributed by atoms with E-state index in [1.807, 2.05) is 0 Å². The summed E-state index contributed by atoms with van der Waals surface area (Å²) in [5.74, 6) is 4.94. The molecule has 1 aromatic rings. The monoisotopic (exact) mass is 249 g/mol. The molecule has 100 valence electrons. The van der Waals surface area contributed by atoms with E-state index in [1.54, 1.807) is 0 Å². The Labute approximate surface area is 109 Å². The zero-order valence-electron chi connectivity index (χ0n) is 11.3. The summed E-state index contributed by atoms with van der Waals surface area (Å²) >= 11 is 0. The fourth-order valence-electron chi connectivity index (χ4n) is 1.88. The number of aryl methyl sites for hydroxylation is 1. The summed E-state index contributed by atoms with van der Waals surface area (Å²) in [7, 11) is 2.10. The van der Waals surface area contributed by atoms with Gasteiger partial charge in [-0.05, 0) is 37.5 Å². The van der Waals surface area contributed by atoms with Crippen LogP contribution in [0.3, 0.4) is 0 Å². The van der Waals surface area contributed by atoms with Gasteiger partial charge in [0.25, 0.3) is 0 Å². The average molecular weight is 249 g/mol. The first kappa shape index (κ1) is 14.5. The molecule has 1 aromatic carbocycles. The van der Waals surface area contributed by atoms with Gasteiger partial charge in [0.05, 0.1) is 0 Å². The molecule has 0 saturated carbocycles. The molecule has 0 radical (unpaired) electrons. The summed E-state index contributed by atoms with van der Waals surface area (Å²) in [6.45, 7) is 3.11. The molecule has 1 rings (SSSR count). The molecule has 3 N–H and O–H groups in total. The minimum atomic E-state index is -0.0814. The van der Waals surface area contributed by atoms with Crippen molar-refractivity contribution in [1.82, 2.24) is 5.43 Å². The van der Waals surface area contributed by atoms with Gasteiger partial charge in [0.1, 0.15) is 0 Å². The van der Waals surface area contributed by atoms with Crippen LogP contribution in [-0.4, -0.2) is 19.5 Å². The summed E-state index contributed by atoms with van der Waals surface area (Å²) in [6, 6.07) is 8.48. The van der Waals surface area contributed by atoms with E-state index in [9.17, 15) is 4.79 Å². The number of hydrogen-bond acceptors (Lipinski definition) is 3. The summed E-state index contributed by atoms with van der Waals surface area (Å²) < 4.78 is 0. The van der Waals surface area contributed by atoms with Crippen molar-refractivity contribution >= 4 is 11.6 Å². The van der Waals surface area contributed by atoms with Crippen molar-refractivity contribution in [2.75, 3.05) is 18.5 Å². The lowest BCUT2D eigenvalue weighted by atomic mass is 10.1. The number of anilines is 1. The molecule has 0 saturated heterocycles. The molecule has 0 atom stereocenters. The number of rotatable bonds is 7. The number of amides is 1. The zero-order valence-corrected chi connectivity index (χ0v) is 11.3. The summed E-state index contributed by atoms with van der Waals surface area (Å²) in [4.78, 5) is 13.2. The Bertz CT molecular complexity index is 379. The molecule has 0 bridgehead atoms. The smallest absolute Gasteiger partial charge is 0.233 e. The maximum atomic E-state index is 10.9. The molecular formula is C14H23N3O. The molecule has 0 spiro atoms. The van der Waals surface area contributed by atoms with Gasteiger partial charge >= 0.3 is 0 Å². The van der Waals surface area contributed by atoms with Crippen LogP contribution in [0.2, 0.25) is 0 Å². The topological polar surface area (TPSA) is 58.4 Å². The largest absolute Gasteiger partial charge is 0.375 e. The van der Waals surface area contributed by atoms with E-state index in [0.717, 1.165) is 25.8 Å². The van der Waals surface area contributed by atoms with Gasteiger partial charge < -0.3 is 4.90 Å². The van der Waals surface area contributed by atoms with E-state index in [1.165, 1.54) is 11.3 Å². The van der Waals surface area contributed by atoms with Crippen molar-refractivity contribution in [2.45, 2.75) is 32.6 Å². The summed E-state index contributed by atoms with van der Waals surface area (Å²) in [5, 5.41) is 0. The lowest BCUT2D eigenvalue weighted by Gasteiger charge is -2.19. The lowest BCUT2D eigenvalue weighted by Crippen LogP contribution is -2.29. The zero-order chi connectivity index (χ0) is 13.4. The fraction of sp³-hybridized carbons (Fsp3) is 0.500. The predicted octanol–water partition coefficient (Wildman–Crippen LogP) is 1.98. The molecule has 4 nitrogen and oxygen atoms in total. The van der Waals surface area contributed by atoms with Crippen molar-refractivity contribution in [2.24, 2.45) is 5.84 Å². The molecule has 0 aliphatic heterocycles. The number of carbonyl (C=O) groups excluding carboxylic acids is 1. The number of benzene rings is 1. The van der Waals surface area contributed by atoms with E-state index in [4.69, 9.17) is 5.84 Å². The van der Waals surface area contributed by atoms with Gasteiger partial charge in [0, 0.05) is 25.7 Å². The van der Waals surface area contributed by atoms with E-state index in [-0.39, 0.29) is 5.91 Å². The van der Waals surface area contributed by atoms with Gasteiger partial charge in [0.2, 0.25) is 5.91 Å². The Morgan fingerprint density at radius 2 is 2.11 bits per heavy atom. The Morgan fingerprint density at radius 1 is 1.33 bits per heavy atom. The quantitative estimate of drug-likeness (QED) is 0.336. The van der Waals surface area contributed by atoms with Crippen LogP contribution in [0, 0.1) is 6.92 Å². The molecule has 1 amide bonds. The van der Waals surface area contributed by atoms with E-state index >= 15 is 0 Å². The van der Waals surface area contributed by atoms with Crippen LogP contribution >= 0.6 is 0 Å². The lowest BCUT2D eigenvalue weighted by molar-refractivity contribution is -0.121. The maximum absolute atomic E-state index is 10.9. The minimum Gasteiger partial charge on any atom is -0.375 e. The van der Waals surface area contributed by atoms with Crippen molar-refractivity contribution in [3.8, 4) is 0 Å². The van der Waals surface area contributed by atoms with Crippen LogP contribution < -0.4 is 16.2 Å². The molecule has 0 fully saturated rings. The van der Waals surface area contributed by atoms with E-state index < -0.39 is 0 Å². The van der Waals surface area contributed by atoms with E-state index in [2.05, 4.69) is 48.6 Å². The highest BCUT2D eigenvalue weighted by Crippen LogP contribution is 2.15. The molecule has 0 unspecified atom stereocenters. The second kappa shape index (κ2) is 7.71. The second-order valence-corrected chi connectivity index (χ2v) is 4.64. The first-order valence-electron chi connectivity index (χ1n) is 6.40. The third-order valence-electron chi connectivity index (χ3n) is 3.00. The highest BCUT2D eigenvalue weighted by atomic mass is 16.2. The van der Waals surface area contributed by atoms with Crippen LogP contribution in [0.25, 0.3) is 0 Å². The predicted molar refractivity (Wildman–Crippen MR) is 75.2 cm³/mol. The Hall–Kier alpha value is -1.55. The van der Waals surface area contributed by atoms with Crippen LogP contribution in [-0.2, 0) is 4.79 Å². The number of hydrogen-bond donors (Lipinski definition) is 2. The van der Waals surface area contributed by atoms with Crippen molar-refractivity contribution in [1.29, 1.82) is 0 Å². The van der Waals surface area contributed by atoms with Gasteiger partial charge in [-0.2, -0.15) is 0 Å². The minimum absolute atomic E-state index is 0.0814. The number of carbonyl (C=O) groups is 1. The highest BCUT2D eigenvalue weighted by molar-refractivity contribution is 5.75. The normalized spacial score (nSPS) is 10.2. The molecule has 4 heteroatoms. The summed E-state index contributed by atoms with van der Waals surface area (Å²) in [5.41, 5.74) is 4.67. The van der Waals surface area contributed by atoms with Crippen LogP contribution in [0.4, 0.5) is 5.69 Å². The van der Waals surface area contributed by atoms with Gasteiger partial charge in [-0.25, -0.2) is 5.84 Å². The third kappa shape index (κ3) is 5.19. The Morgan fingerprint density at radius 3 is 2.78 bits per heavy atom. The first-order chi connectivity index (χ1) is 8.63. The first-order valence-corrected chi connectivity index (χ1v) is 6.40. The fourth-order valence-corrected chi connectivity index (χ4v) is 1.88. The maximum Gasteiger partial charge on any atom is 0.233 e. The van der Waals surface area contributed by atoms with Crippen molar-refractivity contribution < 1.29 is 4.79 Å². The molecular weight excluding hydrogens is 226 g/mol. The van der Waals surface area contributed by atoms with Gasteiger partial charge in [0.15, 0.2) is 0 Å². The summed E-state index contributed by atoms with van der Waals surface area (Å²) in [6.07, 6.45) is 3.54. The van der Waals surface area contributed by atoms with Crippen LogP contribution in [0.5, 0.6) is 0 Å². The molecule has 0 aromatic heterocycles. The number of hydrazine groups is 1. The SMILES string of the molecule is Cc1cccc(N(C)CCCCCC(=O)NN)c1. The number of nitrogens with zero attached hydrogens (tertiary/aromatic N) is 1. The third-order valence-corrected chi connectivity index (χ3v) is 3.00. The van der Waals surface area contributed by atoms with Gasteiger partial charge in [-0.3, -0.25) is 10.2 Å². The molecule has 18 heavy (non-hydrogen) atoms. The van der Waals surface area contributed by atoms with Crippen molar-refractivity contribution in [3.05, 3.63) is 29.8 Å². The number of unbranched alkanes of at least 4 members (excludes halogenated alkanes) is 2. The molecule has 0 aliphatic carbocycles. The Balaban J connectivity index is 2.21. The van der Waals surface area contributed by atoms with Crippen LogP contribution in [0.15, 0.2) is 24.3 Å². The van der Waals surface area contributed by atoms with Crippen LogP contribution in [0.1, 0.15) is 31.2 Å². The highest BCUT2D eigenvalue weighted by Gasteiger charge is 2.01.